The highest BCUT2D eigenvalue weighted by Gasteiger charge is 2.12. The molecule has 1 aromatic heterocycles. The first-order valence-corrected chi connectivity index (χ1v) is 6.46. The van der Waals surface area contributed by atoms with E-state index in [0.717, 1.165) is 22.3 Å². The third-order valence-electron chi connectivity index (χ3n) is 3.34. The van der Waals surface area contributed by atoms with E-state index in [1.165, 1.54) is 0 Å². The molecule has 4 heteroatoms. The highest BCUT2D eigenvalue weighted by molar-refractivity contribution is 5.99. The van der Waals surface area contributed by atoms with Gasteiger partial charge in [-0.15, -0.1) is 0 Å². The minimum Gasteiger partial charge on any atom is -0.497 e. The zero-order valence-corrected chi connectivity index (χ0v) is 11.4. The maximum Gasteiger partial charge on any atom is 0.354 e. The number of carbonyl (C=O) groups is 1. The third kappa shape index (κ3) is 2.43. The van der Waals surface area contributed by atoms with Crippen molar-refractivity contribution in [2.75, 3.05) is 7.11 Å². The van der Waals surface area contributed by atoms with E-state index in [0.29, 0.717) is 5.52 Å². The van der Waals surface area contributed by atoms with Crippen molar-refractivity contribution < 1.29 is 14.6 Å². The van der Waals surface area contributed by atoms with Gasteiger partial charge in [-0.2, -0.15) is 0 Å². The van der Waals surface area contributed by atoms with E-state index in [-0.39, 0.29) is 5.69 Å². The van der Waals surface area contributed by atoms with Crippen molar-refractivity contribution in [2.24, 2.45) is 0 Å². The summed E-state index contributed by atoms with van der Waals surface area (Å²) in [4.78, 5) is 15.4. The lowest BCUT2D eigenvalue weighted by atomic mass is 10.00. The molecule has 0 atom stereocenters. The van der Waals surface area contributed by atoms with Crippen molar-refractivity contribution in [3.05, 3.63) is 60.3 Å². The van der Waals surface area contributed by atoms with Gasteiger partial charge in [0.25, 0.3) is 0 Å². The lowest BCUT2D eigenvalue weighted by Gasteiger charge is -2.09. The van der Waals surface area contributed by atoms with Crippen molar-refractivity contribution in [3.63, 3.8) is 0 Å². The van der Waals surface area contributed by atoms with Gasteiger partial charge < -0.3 is 9.84 Å². The maximum absolute atomic E-state index is 11.2. The summed E-state index contributed by atoms with van der Waals surface area (Å²) < 4.78 is 5.15. The lowest BCUT2D eigenvalue weighted by molar-refractivity contribution is 0.0691. The number of carboxylic acid groups (broad SMARTS) is 1. The summed E-state index contributed by atoms with van der Waals surface area (Å²) in [6.07, 6.45) is 0. The van der Waals surface area contributed by atoms with Crippen LogP contribution in [0.5, 0.6) is 5.75 Å². The molecule has 0 bridgehead atoms. The monoisotopic (exact) mass is 279 g/mol. The number of pyridine rings is 1. The van der Waals surface area contributed by atoms with Gasteiger partial charge in [0, 0.05) is 5.39 Å². The topological polar surface area (TPSA) is 59.4 Å². The van der Waals surface area contributed by atoms with Crippen LogP contribution in [0.1, 0.15) is 10.5 Å². The first-order chi connectivity index (χ1) is 10.2. The molecule has 2 aromatic carbocycles. The predicted molar refractivity (Wildman–Crippen MR) is 80.7 cm³/mol. The zero-order chi connectivity index (χ0) is 14.8. The van der Waals surface area contributed by atoms with Crippen LogP contribution in [0.2, 0.25) is 0 Å². The number of ether oxygens (including phenoxy) is 1. The number of benzene rings is 2. The van der Waals surface area contributed by atoms with Gasteiger partial charge in [-0.3, -0.25) is 0 Å². The summed E-state index contributed by atoms with van der Waals surface area (Å²) in [5, 5.41) is 10.1. The Labute approximate surface area is 121 Å². The quantitative estimate of drug-likeness (QED) is 0.795. The van der Waals surface area contributed by atoms with E-state index >= 15 is 0 Å². The largest absolute Gasteiger partial charge is 0.497 e. The molecule has 4 nitrogen and oxygen atoms in total. The van der Waals surface area contributed by atoms with E-state index in [2.05, 4.69) is 4.98 Å². The van der Waals surface area contributed by atoms with E-state index in [1.807, 2.05) is 48.5 Å². The lowest BCUT2D eigenvalue weighted by Crippen LogP contribution is -2.01. The number of rotatable bonds is 3. The van der Waals surface area contributed by atoms with Crippen molar-refractivity contribution >= 4 is 16.9 Å². The van der Waals surface area contributed by atoms with Crippen LogP contribution < -0.4 is 4.74 Å². The molecule has 3 aromatic rings. The number of hydrogen-bond acceptors (Lipinski definition) is 3. The molecule has 0 spiro atoms. The summed E-state index contributed by atoms with van der Waals surface area (Å²) in [7, 11) is 1.61. The standard InChI is InChI=1S/C17H13NO3/c1-21-12-8-6-11(7-9-12)14-10-16(17(19)20)18-15-5-3-2-4-13(14)15/h2-10H,1H3,(H,19,20). The Balaban J connectivity index is 2.25. The zero-order valence-electron chi connectivity index (χ0n) is 11.4. The molecule has 0 aliphatic heterocycles. The molecule has 0 saturated carbocycles. The smallest absolute Gasteiger partial charge is 0.354 e. The highest BCUT2D eigenvalue weighted by Crippen LogP contribution is 2.29. The fourth-order valence-electron chi connectivity index (χ4n) is 2.29. The Morgan fingerprint density at radius 1 is 1.10 bits per heavy atom. The van der Waals surface area contributed by atoms with Crippen LogP contribution in [0.15, 0.2) is 54.6 Å². The number of aromatic nitrogens is 1. The molecule has 1 N–H and O–H groups in total. The van der Waals surface area contributed by atoms with Crippen molar-refractivity contribution in [2.45, 2.75) is 0 Å². The number of carboxylic acids is 1. The van der Waals surface area contributed by atoms with Crippen molar-refractivity contribution in [1.82, 2.24) is 4.98 Å². The third-order valence-corrected chi connectivity index (χ3v) is 3.34. The first kappa shape index (κ1) is 13.1. The Kier molecular flexibility index (Phi) is 3.28. The maximum atomic E-state index is 11.2. The van der Waals surface area contributed by atoms with Crippen molar-refractivity contribution in [3.8, 4) is 16.9 Å². The second kappa shape index (κ2) is 5.25. The minimum absolute atomic E-state index is 0.0412. The number of para-hydroxylation sites is 1. The molecule has 1 heterocycles. The molecular formula is C17H13NO3. The number of hydrogen-bond donors (Lipinski definition) is 1. The first-order valence-electron chi connectivity index (χ1n) is 6.46. The summed E-state index contributed by atoms with van der Waals surface area (Å²) in [5.41, 5.74) is 2.49. The number of aromatic carboxylic acids is 1. The molecular weight excluding hydrogens is 266 g/mol. The van der Waals surface area contributed by atoms with Gasteiger partial charge in [0.2, 0.25) is 0 Å². The highest BCUT2D eigenvalue weighted by atomic mass is 16.5. The van der Waals surface area contributed by atoms with Gasteiger partial charge in [-0.25, -0.2) is 9.78 Å². The fourth-order valence-corrected chi connectivity index (χ4v) is 2.29. The number of nitrogens with zero attached hydrogens (tertiary/aromatic N) is 1. The number of methoxy groups -OCH3 is 1. The number of fused-ring (bicyclic) bond motifs is 1. The molecule has 0 amide bonds. The normalized spacial score (nSPS) is 10.5. The van der Waals surface area contributed by atoms with Crippen LogP contribution >= 0.6 is 0 Å². The van der Waals surface area contributed by atoms with Gasteiger partial charge in [-0.1, -0.05) is 30.3 Å². The molecule has 0 unspecified atom stereocenters. The summed E-state index contributed by atoms with van der Waals surface area (Å²) in [6.45, 7) is 0. The predicted octanol–water partition coefficient (Wildman–Crippen LogP) is 3.61. The molecule has 3 rings (SSSR count). The summed E-state index contributed by atoms with van der Waals surface area (Å²) >= 11 is 0. The molecule has 21 heavy (non-hydrogen) atoms. The van der Waals surface area contributed by atoms with E-state index in [1.54, 1.807) is 13.2 Å². The average Bonchev–Trinajstić information content (AvgIpc) is 2.54. The van der Waals surface area contributed by atoms with Crippen molar-refractivity contribution in [1.29, 1.82) is 0 Å². The SMILES string of the molecule is COc1ccc(-c2cc(C(=O)O)nc3ccccc23)cc1. The minimum atomic E-state index is -1.03. The van der Waals surface area contributed by atoms with Gasteiger partial charge in [0.05, 0.1) is 12.6 Å². The summed E-state index contributed by atoms with van der Waals surface area (Å²) in [5.74, 6) is -0.272. The van der Waals surface area contributed by atoms with Gasteiger partial charge in [0.1, 0.15) is 11.4 Å². The van der Waals surface area contributed by atoms with E-state index in [9.17, 15) is 9.90 Å². The second-order valence-corrected chi connectivity index (χ2v) is 4.61. The van der Waals surface area contributed by atoms with E-state index < -0.39 is 5.97 Å². The van der Waals surface area contributed by atoms with Crippen LogP contribution in [0.3, 0.4) is 0 Å². The Bertz CT molecular complexity index is 810. The average molecular weight is 279 g/mol. The van der Waals surface area contributed by atoms with Crippen LogP contribution in [0, 0.1) is 0 Å². The Morgan fingerprint density at radius 2 is 1.81 bits per heavy atom. The Hall–Kier alpha value is -2.88. The molecule has 0 radical (unpaired) electrons. The van der Waals surface area contributed by atoms with Crippen LogP contribution in [0.4, 0.5) is 0 Å². The second-order valence-electron chi connectivity index (χ2n) is 4.61. The fraction of sp³-hybridized carbons (Fsp3) is 0.0588. The molecule has 0 aliphatic rings. The Morgan fingerprint density at radius 3 is 2.48 bits per heavy atom. The van der Waals surface area contributed by atoms with E-state index in [4.69, 9.17) is 4.74 Å². The van der Waals surface area contributed by atoms with Gasteiger partial charge in [0.15, 0.2) is 0 Å². The summed E-state index contributed by atoms with van der Waals surface area (Å²) in [6, 6.07) is 16.6. The van der Waals surface area contributed by atoms with Crippen LogP contribution in [0.25, 0.3) is 22.0 Å². The molecule has 0 aliphatic carbocycles. The van der Waals surface area contributed by atoms with Crippen LogP contribution in [-0.4, -0.2) is 23.2 Å². The van der Waals surface area contributed by atoms with Gasteiger partial charge in [-0.05, 0) is 35.4 Å². The van der Waals surface area contributed by atoms with Crippen LogP contribution in [-0.2, 0) is 0 Å². The molecule has 0 saturated heterocycles. The molecule has 104 valence electrons. The molecule has 0 fully saturated rings. The van der Waals surface area contributed by atoms with Gasteiger partial charge >= 0.3 is 5.97 Å².